The molecule has 14 heavy (non-hydrogen) atoms. The van der Waals surface area contributed by atoms with Gasteiger partial charge in [0, 0.05) is 23.8 Å². The molecule has 3 nitrogen and oxygen atoms in total. The summed E-state index contributed by atoms with van der Waals surface area (Å²) in [5, 5.41) is 4.20. The molecule has 0 atom stereocenters. The molecule has 0 saturated carbocycles. The average Bonchev–Trinajstić information content (AvgIpc) is 2.70. The molecule has 0 N–H and O–H groups in total. The van der Waals surface area contributed by atoms with E-state index in [-0.39, 0.29) is 0 Å². The third-order valence-electron chi connectivity index (χ3n) is 2.72. The van der Waals surface area contributed by atoms with Gasteiger partial charge in [-0.2, -0.15) is 5.10 Å². The molecule has 0 unspecified atom stereocenters. The molecule has 0 radical (unpaired) electrons. The molecule has 2 rings (SSSR count). The third-order valence-corrected chi connectivity index (χ3v) is 3.64. The number of hydrogen-bond donors (Lipinski definition) is 0. The zero-order valence-corrected chi connectivity index (χ0v) is 9.86. The number of rotatable bonds is 3. The molecule has 1 aliphatic heterocycles. The summed E-state index contributed by atoms with van der Waals surface area (Å²) < 4.78 is 2.00. The highest BCUT2D eigenvalue weighted by molar-refractivity contribution is 9.09. The summed E-state index contributed by atoms with van der Waals surface area (Å²) in [5.41, 5.74) is 0. The zero-order valence-electron chi connectivity index (χ0n) is 8.27. The van der Waals surface area contributed by atoms with Gasteiger partial charge in [0.15, 0.2) is 0 Å². The Kier molecular flexibility index (Phi) is 3.59. The summed E-state index contributed by atoms with van der Waals surface area (Å²) >= 11 is 3.66. The van der Waals surface area contributed by atoms with Gasteiger partial charge in [0.1, 0.15) is 0 Å². The summed E-state index contributed by atoms with van der Waals surface area (Å²) in [4.78, 5) is 3.25. The second-order valence-electron chi connectivity index (χ2n) is 3.79. The number of alkyl halides is 1. The SMILES string of the molecule is BrC1CCN(CCn2cccn2)CC1. The maximum absolute atomic E-state index is 4.20. The van der Waals surface area contributed by atoms with Gasteiger partial charge in [0.25, 0.3) is 0 Å². The summed E-state index contributed by atoms with van der Waals surface area (Å²) in [6.07, 6.45) is 6.42. The van der Waals surface area contributed by atoms with Crippen LogP contribution >= 0.6 is 15.9 Å². The fraction of sp³-hybridized carbons (Fsp3) is 0.700. The first-order chi connectivity index (χ1) is 6.84. The molecular formula is C10H16BrN3. The van der Waals surface area contributed by atoms with Crippen molar-refractivity contribution in [1.29, 1.82) is 0 Å². The van der Waals surface area contributed by atoms with E-state index in [1.165, 1.54) is 25.9 Å². The second-order valence-corrected chi connectivity index (χ2v) is 5.08. The van der Waals surface area contributed by atoms with Crippen molar-refractivity contribution in [3.63, 3.8) is 0 Å². The number of hydrogen-bond acceptors (Lipinski definition) is 2. The average molecular weight is 258 g/mol. The number of piperidine rings is 1. The Morgan fingerprint density at radius 1 is 1.29 bits per heavy atom. The smallest absolute Gasteiger partial charge is 0.0536 e. The van der Waals surface area contributed by atoms with Gasteiger partial charge in [-0.1, -0.05) is 15.9 Å². The zero-order chi connectivity index (χ0) is 9.80. The van der Waals surface area contributed by atoms with Crippen LogP contribution in [0.15, 0.2) is 18.5 Å². The topological polar surface area (TPSA) is 21.1 Å². The van der Waals surface area contributed by atoms with Crippen LogP contribution in [0, 0.1) is 0 Å². The second kappa shape index (κ2) is 4.94. The normalized spacial score (nSPS) is 20.1. The van der Waals surface area contributed by atoms with Crippen LogP contribution in [0.4, 0.5) is 0 Å². The first kappa shape index (κ1) is 10.2. The van der Waals surface area contributed by atoms with E-state index in [2.05, 4.69) is 25.9 Å². The van der Waals surface area contributed by atoms with Crippen molar-refractivity contribution in [1.82, 2.24) is 14.7 Å². The lowest BCUT2D eigenvalue weighted by molar-refractivity contribution is 0.223. The van der Waals surface area contributed by atoms with Crippen LogP contribution in [0.5, 0.6) is 0 Å². The summed E-state index contributed by atoms with van der Waals surface area (Å²) in [6.45, 7) is 4.58. The highest BCUT2D eigenvalue weighted by atomic mass is 79.9. The minimum Gasteiger partial charge on any atom is -0.301 e. The van der Waals surface area contributed by atoms with Crippen LogP contribution in [0.25, 0.3) is 0 Å². The molecule has 1 fully saturated rings. The molecule has 1 aliphatic rings. The van der Waals surface area contributed by atoms with Gasteiger partial charge < -0.3 is 4.90 Å². The van der Waals surface area contributed by atoms with Crippen molar-refractivity contribution in [3.05, 3.63) is 18.5 Å². The molecule has 1 aromatic rings. The Balaban J connectivity index is 1.71. The van der Waals surface area contributed by atoms with Crippen molar-refractivity contribution >= 4 is 15.9 Å². The van der Waals surface area contributed by atoms with Crippen LogP contribution < -0.4 is 0 Å². The van der Waals surface area contributed by atoms with Gasteiger partial charge in [-0.05, 0) is 32.0 Å². The van der Waals surface area contributed by atoms with Gasteiger partial charge in [-0.15, -0.1) is 0 Å². The van der Waals surface area contributed by atoms with Crippen LogP contribution in [-0.4, -0.2) is 39.1 Å². The number of likely N-dealkylation sites (tertiary alicyclic amines) is 1. The predicted octanol–water partition coefficient (Wildman–Crippen LogP) is 1.74. The van der Waals surface area contributed by atoms with E-state index in [0.717, 1.165) is 17.9 Å². The van der Waals surface area contributed by atoms with Crippen molar-refractivity contribution in [2.45, 2.75) is 24.2 Å². The standard InChI is InChI=1S/C10H16BrN3/c11-10-2-6-13(7-3-10)8-9-14-5-1-4-12-14/h1,4-5,10H,2-3,6-9H2. The number of halogens is 1. The van der Waals surface area contributed by atoms with Crippen molar-refractivity contribution in [2.75, 3.05) is 19.6 Å². The lowest BCUT2D eigenvalue weighted by Gasteiger charge is -2.29. The van der Waals surface area contributed by atoms with Gasteiger partial charge in [-0.25, -0.2) is 0 Å². The van der Waals surface area contributed by atoms with E-state index in [9.17, 15) is 0 Å². The van der Waals surface area contributed by atoms with E-state index in [1.54, 1.807) is 0 Å². The highest BCUT2D eigenvalue weighted by Gasteiger charge is 2.15. The van der Waals surface area contributed by atoms with Crippen molar-refractivity contribution in [2.24, 2.45) is 0 Å². The maximum Gasteiger partial charge on any atom is 0.0536 e. The van der Waals surface area contributed by atoms with E-state index in [1.807, 2.05) is 23.1 Å². The fourth-order valence-corrected chi connectivity index (χ4v) is 2.21. The third kappa shape index (κ3) is 2.82. The number of nitrogens with zero attached hydrogens (tertiary/aromatic N) is 3. The van der Waals surface area contributed by atoms with Crippen LogP contribution in [0.3, 0.4) is 0 Å². The van der Waals surface area contributed by atoms with Gasteiger partial charge in [0.2, 0.25) is 0 Å². The van der Waals surface area contributed by atoms with E-state index >= 15 is 0 Å². The van der Waals surface area contributed by atoms with Gasteiger partial charge in [0.05, 0.1) is 6.54 Å². The minimum absolute atomic E-state index is 0.739. The quantitative estimate of drug-likeness (QED) is 0.770. The largest absolute Gasteiger partial charge is 0.301 e. The first-order valence-electron chi connectivity index (χ1n) is 5.18. The Morgan fingerprint density at radius 2 is 2.07 bits per heavy atom. The Hall–Kier alpha value is -0.350. The van der Waals surface area contributed by atoms with Crippen LogP contribution in [0.2, 0.25) is 0 Å². The Bertz CT molecular complexity index is 252. The summed E-state index contributed by atoms with van der Waals surface area (Å²) in [6, 6.07) is 1.98. The molecule has 0 aromatic carbocycles. The molecule has 4 heteroatoms. The number of aromatic nitrogens is 2. The van der Waals surface area contributed by atoms with Crippen molar-refractivity contribution in [3.8, 4) is 0 Å². The molecule has 0 aliphatic carbocycles. The summed E-state index contributed by atoms with van der Waals surface area (Å²) in [5.74, 6) is 0. The van der Waals surface area contributed by atoms with Crippen LogP contribution in [0.1, 0.15) is 12.8 Å². The van der Waals surface area contributed by atoms with Crippen LogP contribution in [-0.2, 0) is 6.54 Å². The Labute approximate surface area is 93.2 Å². The molecule has 0 spiro atoms. The molecule has 1 aromatic heterocycles. The Morgan fingerprint density at radius 3 is 2.71 bits per heavy atom. The van der Waals surface area contributed by atoms with Crippen molar-refractivity contribution < 1.29 is 0 Å². The lowest BCUT2D eigenvalue weighted by atomic mass is 10.1. The van der Waals surface area contributed by atoms with Gasteiger partial charge >= 0.3 is 0 Å². The molecular weight excluding hydrogens is 242 g/mol. The first-order valence-corrected chi connectivity index (χ1v) is 6.10. The fourth-order valence-electron chi connectivity index (χ4n) is 1.80. The monoisotopic (exact) mass is 257 g/mol. The van der Waals surface area contributed by atoms with Gasteiger partial charge in [-0.3, -0.25) is 4.68 Å². The summed E-state index contributed by atoms with van der Waals surface area (Å²) in [7, 11) is 0. The molecule has 1 saturated heterocycles. The van der Waals surface area contributed by atoms with E-state index in [4.69, 9.17) is 0 Å². The lowest BCUT2D eigenvalue weighted by Crippen LogP contribution is -2.36. The minimum atomic E-state index is 0.739. The molecule has 78 valence electrons. The molecule has 2 heterocycles. The highest BCUT2D eigenvalue weighted by Crippen LogP contribution is 2.16. The van der Waals surface area contributed by atoms with E-state index in [0.29, 0.717) is 0 Å². The van der Waals surface area contributed by atoms with E-state index < -0.39 is 0 Å². The predicted molar refractivity (Wildman–Crippen MR) is 60.6 cm³/mol. The molecule has 0 amide bonds. The molecule has 0 bridgehead atoms. The maximum atomic E-state index is 4.20.